The first-order chi connectivity index (χ1) is 7.11. The molecule has 4 N–H and O–H groups in total. The van der Waals surface area contributed by atoms with Crippen molar-refractivity contribution in [3.05, 3.63) is 17.5 Å². The molecule has 15 heavy (non-hydrogen) atoms. The Kier molecular flexibility index (Phi) is 2.40. The molecular weight excluding hydrogens is 208 g/mol. The number of thiophene rings is 1. The van der Waals surface area contributed by atoms with Crippen molar-refractivity contribution in [3.63, 3.8) is 0 Å². The van der Waals surface area contributed by atoms with E-state index in [1.54, 1.807) is 16.0 Å². The van der Waals surface area contributed by atoms with Crippen LogP contribution in [0.4, 0.5) is 11.5 Å². The summed E-state index contributed by atoms with van der Waals surface area (Å²) in [5.41, 5.74) is 13.2. The summed E-state index contributed by atoms with van der Waals surface area (Å²) in [6.45, 7) is 4.06. The van der Waals surface area contributed by atoms with E-state index in [0.29, 0.717) is 11.5 Å². The molecule has 2 aromatic heterocycles. The molecule has 0 spiro atoms. The third kappa shape index (κ3) is 1.59. The molecule has 0 saturated heterocycles. The van der Waals surface area contributed by atoms with Crippen LogP contribution >= 0.6 is 11.3 Å². The lowest BCUT2D eigenvalue weighted by atomic mass is 10.3. The van der Waals surface area contributed by atoms with Crippen molar-refractivity contribution in [1.82, 2.24) is 9.78 Å². The van der Waals surface area contributed by atoms with Crippen molar-refractivity contribution in [2.45, 2.75) is 19.9 Å². The molecule has 4 nitrogen and oxygen atoms in total. The van der Waals surface area contributed by atoms with Crippen LogP contribution in [0.2, 0.25) is 0 Å². The maximum atomic E-state index is 5.93. The predicted octanol–water partition coefficient (Wildman–Crippen LogP) is 2.36. The highest BCUT2D eigenvalue weighted by Crippen LogP contribution is 2.33. The minimum Gasteiger partial charge on any atom is -0.394 e. The van der Waals surface area contributed by atoms with E-state index >= 15 is 0 Å². The van der Waals surface area contributed by atoms with Gasteiger partial charge in [-0.3, -0.25) is 0 Å². The average molecular weight is 222 g/mol. The van der Waals surface area contributed by atoms with Crippen LogP contribution in [0.3, 0.4) is 0 Å². The molecule has 0 saturated carbocycles. The zero-order valence-corrected chi connectivity index (χ0v) is 9.58. The quantitative estimate of drug-likeness (QED) is 0.819. The van der Waals surface area contributed by atoms with Gasteiger partial charge < -0.3 is 11.5 Å². The molecule has 2 aromatic rings. The Balaban J connectivity index is 2.55. The highest BCUT2D eigenvalue weighted by atomic mass is 32.1. The first kappa shape index (κ1) is 10.0. The van der Waals surface area contributed by atoms with Crippen molar-refractivity contribution >= 4 is 22.8 Å². The molecule has 0 aliphatic heterocycles. The zero-order valence-electron chi connectivity index (χ0n) is 8.77. The van der Waals surface area contributed by atoms with Crippen LogP contribution in [0, 0.1) is 0 Å². The number of hydrogen-bond donors (Lipinski definition) is 2. The SMILES string of the molecule is CC(C)n1nc(-c2cccs2)c(N)c1N. The van der Waals surface area contributed by atoms with Gasteiger partial charge in [-0.2, -0.15) is 5.10 Å². The first-order valence-corrected chi connectivity index (χ1v) is 5.66. The fraction of sp³-hybridized carbons (Fsp3) is 0.300. The lowest BCUT2D eigenvalue weighted by molar-refractivity contribution is 0.542. The molecule has 0 unspecified atom stereocenters. The lowest BCUT2D eigenvalue weighted by Crippen LogP contribution is -2.07. The maximum absolute atomic E-state index is 5.93. The summed E-state index contributed by atoms with van der Waals surface area (Å²) < 4.78 is 1.75. The molecule has 0 atom stereocenters. The van der Waals surface area contributed by atoms with Crippen LogP contribution < -0.4 is 11.5 Å². The van der Waals surface area contributed by atoms with E-state index in [4.69, 9.17) is 11.5 Å². The average Bonchev–Trinajstić information content (AvgIpc) is 2.77. The predicted molar refractivity (Wildman–Crippen MR) is 64.7 cm³/mol. The van der Waals surface area contributed by atoms with Crippen LogP contribution in [-0.4, -0.2) is 9.78 Å². The number of hydrogen-bond acceptors (Lipinski definition) is 4. The van der Waals surface area contributed by atoms with E-state index in [9.17, 15) is 0 Å². The highest BCUT2D eigenvalue weighted by Gasteiger charge is 2.16. The van der Waals surface area contributed by atoms with Gasteiger partial charge in [-0.1, -0.05) is 6.07 Å². The Bertz CT molecular complexity index is 456. The summed E-state index contributed by atoms with van der Waals surface area (Å²) in [4.78, 5) is 1.05. The standard InChI is InChI=1S/C10H14N4S/c1-6(2)14-10(12)8(11)9(13-14)7-4-3-5-15-7/h3-6H,11-12H2,1-2H3. The summed E-state index contributed by atoms with van der Waals surface area (Å²) in [5.74, 6) is 0.549. The molecule has 2 heterocycles. The van der Waals surface area contributed by atoms with Gasteiger partial charge in [-0.15, -0.1) is 11.3 Å². The molecular formula is C10H14N4S. The van der Waals surface area contributed by atoms with Gasteiger partial charge in [0, 0.05) is 6.04 Å². The Morgan fingerprint density at radius 3 is 2.60 bits per heavy atom. The molecule has 0 aromatic carbocycles. The maximum Gasteiger partial charge on any atom is 0.146 e. The van der Waals surface area contributed by atoms with Crippen molar-refractivity contribution in [2.24, 2.45) is 0 Å². The minimum absolute atomic E-state index is 0.223. The van der Waals surface area contributed by atoms with Gasteiger partial charge >= 0.3 is 0 Å². The van der Waals surface area contributed by atoms with Gasteiger partial charge in [-0.05, 0) is 25.3 Å². The van der Waals surface area contributed by atoms with Crippen molar-refractivity contribution in [3.8, 4) is 10.6 Å². The largest absolute Gasteiger partial charge is 0.394 e. The molecule has 0 fully saturated rings. The molecule has 0 bridgehead atoms. The summed E-state index contributed by atoms with van der Waals surface area (Å²) >= 11 is 1.61. The number of aromatic nitrogens is 2. The second-order valence-corrected chi connectivity index (χ2v) is 4.61. The monoisotopic (exact) mass is 222 g/mol. The fourth-order valence-corrected chi connectivity index (χ4v) is 2.17. The molecule has 5 heteroatoms. The molecule has 0 aliphatic rings. The van der Waals surface area contributed by atoms with E-state index in [1.165, 1.54) is 0 Å². The zero-order chi connectivity index (χ0) is 11.0. The third-order valence-corrected chi connectivity index (χ3v) is 3.11. The Labute approximate surface area is 92.5 Å². The van der Waals surface area contributed by atoms with Gasteiger partial charge in [0.1, 0.15) is 17.2 Å². The van der Waals surface area contributed by atoms with Crippen LogP contribution in [0.1, 0.15) is 19.9 Å². The van der Waals surface area contributed by atoms with Crippen LogP contribution in [0.15, 0.2) is 17.5 Å². The van der Waals surface area contributed by atoms with E-state index in [1.807, 2.05) is 31.4 Å². The van der Waals surface area contributed by atoms with Crippen molar-refractivity contribution in [2.75, 3.05) is 11.5 Å². The number of rotatable bonds is 2. The Morgan fingerprint density at radius 2 is 2.13 bits per heavy atom. The molecule has 80 valence electrons. The summed E-state index contributed by atoms with van der Waals surface area (Å²) in [6, 6.07) is 4.19. The van der Waals surface area contributed by atoms with E-state index in [-0.39, 0.29) is 6.04 Å². The van der Waals surface area contributed by atoms with Crippen LogP contribution in [-0.2, 0) is 0 Å². The number of nitrogen functional groups attached to an aromatic ring is 2. The van der Waals surface area contributed by atoms with Gasteiger partial charge in [0.25, 0.3) is 0 Å². The smallest absolute Gasteiger partial charge is 0.146 e. The van der Waals surface area contributed by atoms with E-state index < -0.39 is 0 Å². The van der Waals surface area contributed by atoms with Gasteiger partial charge in [0.15, 0.2) is 0 Å². The number of anilines is 2. The lowest BCUT2D eigenvalue weighted by Gasteiger charge is -2.06. The van der Waals surface area contributed by atoms with E-state index in [0.717, 1.165) is 10.6 Å². The molecule has 0 radical (unpaired) electrons. The Morgan fingerprint density at radius 1 is 1.40 bits per heavy atom. The normalized spacial score (nSPS) is 11.1. The number of nitrogens with two attached hydrogens (primary N) is 2. The summed E-state index contributed by atoms with van der Waals surface area (Å²) in [6.07, 6.45) is 0. The fourth-order valence-electron chi connectivity index (χ4n) is 1.45. The molecule has 2 rings (SSSR count). The van der Waals surface area contributed by atoms with Crippen molar-refractivity contribution < 1.29 is 0 Å². The summed E-state index contributed by atoms with van der Waals surface area (Å²) in [5, 5.41) is 6.43. The Hall–Kier alpha value is -1.49. The van der Waals surface area contributed by atoms with Crippen LogP contribution in [0.5, 0.6) is 0 Å². The van der Waals surface area contributed by atoms with Gasteiger partial charge in [0.05, 0.1) is 4.88 Å². The van der Waals surface area contributed by atoms with Crippen LogP contribution in [0.25, 0.3) is 10.6 Å². The number of nitrogens with zero attached hydrogens (tertiary/aromatic N) is 2. The third-order valence-electron chi connectivity index (χ3n) is 2.23. The van der Waals surface area contributed by atoms with Gasteiger partial charge in [-0.25, -0.2) is 4.68 Å². The van der Waals surface area contributed by atoms with E-state index in [2.05, 4.69) is 5.10 Å². The van der Waals surface area contributed by atoms with Gasteiger partial charge in [0.2, 0.25) is 0 Å². The minimum atomic E-state index is 0.223. The highest BCUT2D eigenvalue weighted by molar-refractivity contribution is 7.13. The topological polar surface area (TPSA) is 69.9 Å². The summed E-state index contributed by atoms with van der Waals surface area (Å²) in [7, 11) is 0. The van der Waals surface area contributed by atoms with Crippen molar-refractivity contribution in [1.29, 1.82) is 0 Å². The second kappa shape index (κ2) is 3.58. The molecule has 0 aliphatic carbocycles. The second-order valence-electron chi connectivity index (χ2n) is 3.66. The molecule has 0 amide bonds. The first-order valence-electron chi connectivity index (χ1n) is 4.78.